The Bertz CT molecular complexity index is 1740. The number of likely N-dealkylation sites (tertiary alicyclic amines) is 1. The molecule has 42 heavy (non-hydrogen) atoms. The van der Waals surface area contributed by atoms with Crippen molar-refractivity contribution in [2.75, 3.05) is 6.54 Å². The third-order valence-corrected chi connectivity index (χ3v) is 9.44. The SMILES string of the molecule is C=C(CC)N[C@H](C(=C)N1CCC[C@H]1c1nc2ccc(-c3ccc4cc(-c5cnc[nH]5)ccc4c3)cc2[nH]1)C1CCCC1. The molecule has 0 unspecified atom stereocenters. The number of aromatic amines is 2. The van der Waals surface area contributed by atoms with Crippen LogP contribution in [0.25, 0.3) is 44.2 Å². The minimum atomic E-state index is 0.221. The number of rotatable bonds is 9. The molecule has 2 aromatic heterocycles. The Morgan fingerprint density at radius 3 is 2.45 bits per heavy atom. The van der Waals surface area contributed by atoms with Crippen molar-refractivity contribution >= 4 is 21.8 Å². The van der Waals surface area contributed by atoms with Crippen LogP contribution in [-0.4, -0.2) is 37.4 Å². The summed E-state index contributed by atoms with van der Waals surface area (Å²) >= 11 is 0. The van der Waals surface area contributed by atoms with Gasteiger partial charge in [0.2, 0.25) is 0 Å². The fourth-order valence-electron chi connectivity index (χ4n) is 7.03. The fraction of sp³-hybridized carbons (Fsp3) is 0.333. The molecule has 5 aromatic rings. The van der Waals surface area contributed by atoms with Crippen LogP contribution < -0.4 is 5.32 Å². The highest BCUT2D eigenvalue weighted by Gasteiger charge is 2.36. The molecular formula is C36H40N6. The van der Waals surface area contributed by atoms with Gasteiger partial charge in [-0.25, -0.2) is 9.97 Å². The monoisotopic (exact) mass is 556 g/mol. The number of allylic oxidation sites excluding steroid dienone is 1. The number of aromatic nitrogens is 4. The highest BCUT2D eigenvalue weighted by Crippen LogP contribution is 2.39. The molecule has 0 radical (unpaired) electrons. The lowest BCUT2D eigenvalue weighted by Gasteiger charge is -2.36. The van der Waals surface area contributed by atoms with Crippen LogP contribution in [-0.2, 0) is 0 Å². The van der Waals surface area contributed by atoms with Crippen LogP contribution in [0.2, 0.25) is 0 Å². The summed E-state index contributed by atoms with van der Waals surface area (Å²) in [7, 11) is 0. The van der Waals surface area contributed by atoms with Crippen LogP contribution in [0, 0.1) is 5.92 Å². The van der Waals surface area contributed by atoms with E-state index in [2.05, 4.69) is 99.8 Å². The van der Waals surface area contributed by atoms with Gasteiger partial charge in [-0.3, -0.25) is 0 Å². The van der Waals surface area contributed by atoms with Crippen molar-refractivity contribution in [2.45, 2.75) is 64.0 Å². The van der Waals surface area contributed by atoms with E-state index in [1.54, 1.807) is 6.33 Å². The van der Waals surface area contributed by atoms with Crippen LogP contribution in [0.4, 0.5) is 0 Å². The summed E-state index contributed by atoms with van der Waals surface area (Å²) in [6, 6.07) is 20.3. The van der Waals surface area contributed by atoms with E-state index in [-0.39, 0.29) is 12.1 Å². The van der Waals surface area contributed by atoms with Crippen molar-refractivity contribution in [1.29, 1.82) is 0 Å². The van der Waals surface area contributed by atoms with Crippen molar-refractivity contribution in [3.05, 3.63) is 97.5 Å². The van der Waals surface area contributed by atoms with Gasteiger partial charge in [0.15, 0.2) is 0 Å². The summed E-state index contributed by atoms with van der Waals surface area (Å²) in [5.41, 5.74) is 8.96. The first-order valence-electron chi connectivity index (χ1n) is 15.5. The number of hydrogen-bond acceptors (Lipinski definition) is 4. The molecule has 1 aliphatic heterocycles. The van der Waals surface area contributed by atoms with Crippen molar-refractivity contribution in [2.24, 2.45) is 5.92 Å². The molecule has 2 fully saturated rings. The van der Waals surface area contributed by atoms with Crippen LogP contribution in [0.1, 0.15) is 63.7 Å². The Morgan fingerprint density at radius 2 is 1.69 bits per heavy atom. The Morgan fingerprint density at radius 1 is 0.952 bits per heavy atom. The van der Waals surface area contributed by atoms with Crippen molar-refractivity contribution in [1.82, 2.24) is 30.2 Å². The third-order valence-electron chi connectivity index (χ3n) is 9.44. The average Bonchev–Trinajstić information content (AvgIpc) is 3.85. The van der Waals surface area contributed by atoms with Gasteiger partial charge in [-0.1, -0.05) is 63.3 Å². The summed E-state index contributed by atoms with van der Waals surface area (Å²) in [5, 5.41) is 6.19. The number of hydrogen-bond donors (Lipinski definition) is 3. The summed E-state index contributed by atoms with van der Waals surface area (Å²) in [6.45, 7) is 12.1. The lowest BCUT2D eigenvalue weighted by atomic mass is 9.94. The quantitative estimate of drug-likeness (QED) is 0.170. The second-order valence-electron chi connectivity index (χ2n) is 12.1. The highest BCUT2D eigenvalue weighted by atomic mass is 15.2. The average molecular weight is 557 g/mol. The predicted molar refractivity (Wildman–Crippen MR) is 173 cm³/mol. The topological polar surface area (TPSA) is 72.6 Å². The number of imidazole rings is 2. The standard InChI is InChI=1S/C36H40N6/c1-4-23(2)39-35(25-8-5-6-9-25)24(3)42-17-7-10-34(42)36-40-31-16-15-29(20-32(31)41-36)27-11-12-28-19-30(14-13-26(28)18-27)33-21-37-22-38-33/h11-16,18-22,25,34-35,39H,2-10,17H2,1H3,(H,37,38)(H,40,41)/t34-,35+/m0/s1. The van der Waals surface area contributed by atoms with Crippen molar-refractivity contribution in [3.63, 3.8) is 0 Å². The van der Waals surface area contributed by atoms with Gasteiger partial charge >= 0.3 is 0 Å². The molecule has 3 N–H and O–H groups in total. The summed E-state index contributed by atoms with van der Waals surface area (Å²) < 4.78 is 0. The first-order chi connectivity index (χ1) is 20.6. The minimum Gasteiger partial charge on any atom is -0.380 e. The molecule has 3 aromatic carbocycles. The van der Waals surface area contributed by atoms with Crippen molar-refractivity contribution < 1.29 is 0 Å². The van der Waals surface area contributed by atoms with Crippen LogP contribution in [0.5, 0.6) is 0 Å². The lowest BCUT2D eigenvalue weighted by molar-refractivity contribution is 0.261. The number of benzene rings is 3. The molecule has 6 nitrogen and oxygen atoms in total. The summed E-state index contributed by atoms with van der Waals surface area (Å²) in [5.74, 6) is 1.67. The molecule has 0 amide bonds. The van der Waals surface area contributed by atoms with Gasteiger partial charge in [0.05, 0.1) is 41.3 Å². The molecule has 0 bridgehead atoms. The predicted octanol–water partition coefficient (Wildman–Crippen LogP) is 8.50. The second kappa shape index (κ2) is 11.2. The highest BCUT2D eigenvalue weighted by molar-refractivity contribution is 5.91. The van der Waals surface area contributed by atoms with Gasteiger partial charge < -0.3 is 20.2 Å². The largest absolute Gasteiger partial charge is 0.380 e. The fourth-order valence-corrected chi connectivity index (χ4v) is 7.03. The zero-order chi connectivity index (χ0) is 28.6. The second-order valence-corrected chi connectivity index (χ2v) is 12.1. The van der Waals surface area contributed by atoms with Gasteiger partial charge in [0.25, 0.3) is 0 Å². The maximum atomic E-state index is 5.10. The summed E-state index contributed by atoms with van der Waals surface area (Å²) in [4.78, 5) is 18.7. The van der Waals surface area contributed by atoms with Crippen molar-refractivity contribution in [3.8, 4) is 22.4 Å². The van der Waals surface area contributed by atoms with Gasteiger partial charge in [0.1, 0.15) is 5.82 Å². The van der Waals surface area contributed by atoms with Gasteiger partial charge in [0, 0.05) is 23.5 Å². The van der Waals surface area contributed by atoms with E-state index in [1.807, 2.05) is 6.20 Å². The Kier molecular flexibility index (Phi) is 7.06. The van der Waals surface area contributed by atoms with E-state index in [9.17, 15) is 0 Å². The third kappa shape index (κ3) is 5.00. The van der Waals surface area contributed by atoms with E-state index >= 15 is 0 Å². The first kappa shape index (κ1) is 26.6. The van der Waals surface area contributed by atoms with Crippen LogP contribution in [0.3, 0.4) is 0 Å². The van der Waals surface area contributed by atoms with E-state index in [0.29, 0.717) is 5.92 Å². The zero-order valence-electron chi connectivity index (χ0n) is 24.5. The van der Waals surface area contributed by atoms with Gasteiger partial charge in [-0.2, -0.15) is 0 Å². The number of fused-ring (bicyclic) bond motifs is 2. The molecule has 1 aliphatic carbocycles. The molecule has 214 valence electrons. The molecule has 7 rings (SSSR count). The Hall–Kier alpha value is -4.32. The normalized spacial score (nSPS) is 18.2. The summed E-state index contributed by atoms with van der Waals surface area (Å²) in [6.07, 6.45) is 11.9. The minimum absolute atomic E-state index is 0.221. The smallest absolute Gasteiger partial charge is 0.130 e. The molecule has 1 saturated heterocycles. The van der Waals surface area contributed by atoms with Gasteiger partial charge in [-0.05, 0) is 84.2 Å². The molecule has 0 spiro atoms. The number of H-pyrrole nitrogens is 2. The van der Waals surface area contributed by atoms with Gasteiger partial charge in [-0.15, -0.1) is 0 Å². The van der Waals surface area contributed by atoms with Crippen LogP contribution >= 0.6 is 0 Å². The molecule has 3 heterocycles. The maximum Gasteiger partial charge on any atom is 0.130 e. The lowest BCUT2D eigenvalue weighted by Crippen LogP contribution is -2.42. The molecule has 2 atom stereocenters. The molecular weight excluding hydrogens is 516 g/mol. The number of nitrogens with one attached hydrogen (secondary N) is 3. The van der Waals surface area contributed by atoms with E-state index in [4.69, 9.17) is 4.98 Å². The molecule has 2 aliphatic rings. The first-order valence-corrected chi connectivity index (χ1v) is 15.5. The zero-order valence-corrected chi connectivity index (χ0v) is 24.5. The molecule has 6 heteroatoms. The van der Waals surface area contributed by atoms with E-state index in [0.717, 1.165) is 59.6 Å². The maximum absolute atomic E-state index is 5.10. The van der Waals surface area contributed by atoms with Crippen LogP contribution in [0.15, 0.2) is 91.7 Å². The molecule has 1 saturated carbocycles. The Labute approximate surface area is 248 Å². The van der Waals surface area contributed by atoms with E-state index < -0.39 is 0 Å². The van der Waals surface area contributed by atoms with E-state index in [1.165, 1.54) is 53.3 Å². The number of nitrogens with zero attached hydrogens (tertiary/aromatic N) is 3. The Balaban J connectivity index is 1.14.